The third kappa shape index (κ3) is 2.69. The number of rotatable bonds is 4. The van der Waals surface area contributed by atoms with Gasteiger partial charge < -0.3 is 26.4 Å². The second-order valence-electron chi connectivity index (χ2n) is 9.92. The third-order valence-electron chi connectivity index (χ3n) is 8.59. The van der Waals surface area contributed by atoms with Crippen LogP contribution >= 0.6 is 0 Å². The molecule has 0 aromatic heterocycles. The molecule has 5 atom stereocenters. The zero-order valence-corrected chi connectivity index (χ0v) is 16.9. The fourth-order valence-electron chi connectivity index (χ4n) is 6.89. The molecule has 0 heterocycles. The molecule has 1 aromatic rings. The number of aliphatic hydroxyl groups is 2. The van der Waals surface area contributed by atoms with E-state index < -0.39 is 23.0 Å². The minimum Gasteiger partial charge on any atom is -0.507 e. The van der Waals surface area contributed by atoms with Gasteiger partial charge in [-0.15, -0.1) is 0 Å². The monoisotopic (exact) mass is 400 g/mol. The number of aromatic hydroxyl groups is 1. The quantitative estimate of drug-likeness (QED) is 0.528. The molecule has 3 fully saturated rings. The molecule has 4 aliphatic rings. The maximum Gasteiger partial charge on any atom is 0.252 e. The molecule has 6 nitrogen and oxygen atoms in total. The van der Waals surface area contributed by atoms with Crippen LogP contribution in [-0.2, 0) is 11.8 Å². The number of amides is 1. The number of carbonyl (C=O) groups excluding carboxylic acids is 1. The molecule has 3 saturated carbocycles. The Morgan fingerprint density at radius 2 is 2.00 bits per heavy atom. The fraction of sp³-hybridized carbons (Fsp3) is 0.696. The van der Waals surface area contributed by atoms with Gasteiger partial charge in [0, 0.05) is 22.9 Å². The summed E-state index contributed by atoms with van der Waals surface area (Å²) in [4.78, 5) is 11.9. The highest BCUT2D eigenvalue weighted by molar-refractivity contribution is 5.96. The van der Waals surface area contributed by atoms with Gasteiger partial charge in [-0.05, 0) is 75.5 Å². The van der Waals surface area contributed by atoms with Crippen LogP contribution in [0.1, 0.15) is 72.9 Å². The number of nitrogens with two attached hydrogens (primary N) is 1. The van der Waals surface area contributed by atoms with Gasteiger partial charge in [0.25, 0.3) is 5.91 Å². The van der Waals surface area contributed by atoms with Crippen molar-refractivity contribution in [2.24, 2.45) is 17.6 Å². The Kier molecular flexibility index (Phi) is 4.46. The number of fused-ring (bicyclic) bond motifs is 1. The minimum absolute atomic E-state index is 0.0372. The minimum atomic E-state index is -0.998. The molecule has 6 heteroatoms. The molecule has 0 spiro atoms. The van der Waals surface area contributed by atoms with Gasteiger partial charge in [-0.1, -0.05) is 12.5 Å². The number of hydrogen-bond donors (Lipinski definition) is 5. The van der Waals surface area contributed by atoms with Crippen LogP contribution in [0.25, 0.3) is 0 Å². The summed E-state index contributed by atoms with van der Waals surface area (Å²) in [6.07, 6.45) is 7.12. The Morgan fingerprint density at radius 3 is 2.69 bits per heavy atom. The van der Waals surface area contributed by atoms with Crippen molar-refractivity contribution >= 4 is 5.91 Å². The highest BCUT2D eigenvalue weighted by Crippen LogP contribution is 2.63. The first-order valence-electron chi connectivity index (χ1n) is 11.1. The summed E-state index contributed by atoms with van der Waals surface area (Å²) in [6.45, 7) is 1.01. The Hall–Kier alpha value is -1.63. The number of primary amides is 1. The van der Waals surface area contributed by atoms with Gasteiger partial charge >= 0.3 is 0 Å². The van der Waals surface area contributed by atoms with Crippen LogP contribution in [0.5, 0.6) is 5.75 Å². The second kappa shape index (κ2) is 6.69. The van der Waals surface area contributed by atoms with Crippen molar-refractivity contribution < 1.29 is 20.1 Å². The Balaban J connectivity index is 1.58. The molecule has 1 amide bonds. The largest absolute Gasteiger partial charge is 0.507 e. The average molecular weight is 401 g/mol. The molecule has 6 N–H and O–H groups in total. The van der Waals surface area contributed by atoms with E-state index in [0.29, 0.717) is 37.7 Å². The number of nitrogens with one attached hydrogen (secondary N) is 1. The normalized spacial score (nSPS) is 38.6. The topological polar surface area (TPSA) is 116 Å². The van der Waals surface area contributed by atoms with E-state index in [1.807, 2.05) is 6.07 Å². The van der Waals surface area contributed by atoms with Crippen molar-refractivity contribution in [3.8, 4) is 5.75 Å². The van der Waals surface area contributed by atoms with Crippen LogP contribution in [0.4, 0.5) is 0 Å². The second-order valence-corrected chi connectivity index (χ2v) is 9.92. The number of hydrogen-bond acceptors (Lipinski definition) is 5. The van der Waals surface area contributed by atoms with Gasteiger partial charge in [-0.2, -0.15) is 0 Å². The molecule has 2 bridgehead atoms. The number of phenols is 1. The van der Waals surface area contributed by atoms with E-state index in [2.05, 4.69) is 5.32 Å². The molecule has 1 aromatic carbocycles. The van der Waals surface area contributed by atoms with Crippen molar-refractivity contribution in [1.82, 2.24) is 5.32 Å². The molecule has 0 aliphatic heterocycles. The van der Waals surface area contributed by atoms with E-state index in [4.69, 9.17) is 5.73 Å². The molecule has 158 valence electrons. The number of benzene rings is 1. The first-order valence-corrected chi connectivity index (χ1v) is 11.1. The smallest absolute Gasteiger partial charge is 0.252 e. The predicted molar refractivity (Wildman–Crippen MR) is 109 cm³/mol. The summed E-state index contributed by atoms with van der Waals surface area (Å²) in [5, 5.41) is 37.4. The molecule has 2 unspecified atom stereocenters. The van der Waals surface area contributed by atoms with E-state index >= 15 is 0 Å². The highest BCUT2D eigenvalue weighted by atomic mass is 16.3. The van der Waals surface area contributed by atoms with Gasteiger partial charge in [0.15, 0.2) is 0 Å². The van der Waals surface area contributed by atoms with E-state index in [1.165, 1.54) is 19.3 Å². The van der Waals surface area contributed by atoms with E-state index in [9.17, 15) is 20.1 Å². The average Bonchev–Trinajstić information content (AvgIpc) is 2.62. The molecular weight excluding hydrogens is 368 g/mol. The van der Waals surface area contributed by atoms with Crippen LogP contribution in [0.15, 0.2) is 12.1 Å². The van der Waals surface area contributed by atoms with E-state index in [0.717, 1.165) is 24.4 Å². The van der Waals surface area contributed by atoms with Crippen LogP contribution in [0.2, 0.25) is 0 Å². The van der Waals surface area contributed by atoms with Crippen LogP contribution in [0, 0.1) is 11.8 Å². The van der Waals surface area contributed by atoms with Crippen molar-refractivity contribution in [2.75, 3.05) is 6.54 Å². The maximum absolute atomic E-state index is 12.1. The van der Waals surface area contributed by atoms with Crippen molar-refractivity contribution in [1.29, 1.82) is 0 Å². The molecule has 5 rings (SSSR count). The third-order valence-corrected chi connectivity index (χ3v) is 8.59. The SMILES string of the molecule is NC(=O)c1ccc2c(c1O)[C@]13CCC(NCC4CCC4)[C@H](C2)[C@]1(O)CCC(O)C3. The van der Waals surface area contributed by atoms with E-state index in [-0.39, 0.29) is 23.3 Å². The van der Waals surface area contributed by atoms with E-state index in [1.54, 1.807) is 6.07 Å². The summed E-state index contributed by atoms with van der Waals surface area (Å²) in [5.74, 6) is 0.0270. The van der Waals surface area contributed by atoms with Gasteiger partial charge in [-0.3, -0.25) is 4.79 Å². The molecule has 0 radical (unpaired) electrons. The van der Waals surface area contributed by atoms with Crippen molar-refractivity contribution in [3.63, 3.8) is 0 Å². The van der Waals surface area contributed by atoms with Crippen molar-refractivity contribution in [2.45, 2.75) is 80.9 Å². The Labute approximate surface area is 171 Å². The Morgan fingerprint density at radius 1 is 1.21 bits per heavy atom. The standard InChI is InChI=1S/C23H32N2O4/c24-21(28)16-5-4-14-10-17-18(25-12-13-2-1-3-13)7-8-22(19(14)20(16)27)11-15(26)6-9-23(17,22)29/h4-5,13,15,17-18,25-27,29H,1-3,6-12H2,(H2,24,28)/t15?,17-,18?,22+,23+/m0/s1. The first kappa shape index (κ1) is 19.3. The van der Waals surface area contributed by atoms with Crippen LogP contribution in [-0.4, -0.2) is 45.5 Å². The van der Waals surface area contributed by atoms with Gasteiger partial charge in [0.05, 0.1) is 17.3 Å². The lowest BCUT2D eigenvalue weighted by atomic mass is 9.44. The van der Waals surface area contributed by atoms with Gasteiger partial charge in [0.2, 0.25) is 0 Å². The summed E-state index contributed by atoms with van der Waals surface area (Å²) < 4.78 is 0. The summed E-state index contributed by atoms with van der Waals surface area (Å²) >= 11 is 0. The molecule has 29 heavy (non-hydrogen) atoms. The molecule has 4 aliphatic carbocycles. The number of carbonyl (C=O) groups is 1. The van der Waals surface area contributed by atoms with Crippen LogP contribution in [0.3, 0.4) is 0 Å². The lowest BCUT2D eigenvalue weighted by Gasteiger charge is -2.63. The fourth-order valence-corrected chi connectivity index (χ4v) is 6.89. The summed E-state index contributed by atoms with van der Waals surface area (Å²) in [7, 11) is 0. The lowest BCUT2D eigenvalue weighted by molar-refractivity contribution is -0.174. The number of aliphatic hydroxyl groups excluding tert-OH is 1. The van der Waals surface area contributed by atoms with Gasteiger partial charge in [-0.25, -0.2) is 0 Å². The summed E-state index contributed by atoms with van der Waals surface area (Å²) in [6, 6.07) is 3.72. The zero-order chi connectivity index (χ0) is 20.4. The molecular formula is C23H32N2O4. The predicted octanol–water partition coefficient (Wildman–Crippen LogP) is 1.73. The highest BCUT2D eigenvalue weighted by Gasteiger charge is 2.65. The maximum atomic E-state index is 12.1. The zero-order valence-electron chi connectivity index (χ0n) is 16.9. The summed E-state index contributed by atoms with van der Waals surface area (Å²) in [5.41, 5.74) is 5.50. The van der Waals surface area contributed by atoms with Crippen LogP contribution < -0.4 is 11.1 Å². The van der Waals surface area contributed by atoms with Gasteiger partial charge in [0.1, 0.15) is 5.75 Å². The Bertz CT molecular complexity index is 838. The molecule has 0 saturated heterocycles. The first-order chi connectivity index (χ1) is 13.9. The lowest BCUT2D eigenvalue weighted by Crippen LogP contribution is -2.70. The van der Waals surface area contributed by atoms with Crippen molar-refractivity contribution in [3.05, 3.63) is 28.8 Å².